The molecule has 1 aromatic heterocycles. The van der Waals surface area contributed by atoms with Gasteiger partial charge in [-0.1, -0.05) is 12.1 Å². The van der Waals surface area contributed by atoms with Crippen molar-refractivity contribution < 1.29 is 23.1 Å². The molecule has 0 amide bonds. The molecule has 1 aliphatic carbocycles. The Balaban J connectivity index is 1.54. The molecule has 0 spiro atoms. The predicted molar refractivity (Wildman–Crippen MR) is 95.0 cm³/mol. The maximum absolute atomic E-state index is 12.6. The lowest BCUT2D eigenvalue weighted by Crippen LogP contribution is -2.34. The summed E-state index contributed by atoms with van der Waals surface area (Å²) in [5.74, 6) is -0.927. The molecular weight excluding hydrogens is 363 g/mol. The van der Waals surface area contributed by atoms with E-state index in [-0.39, 0.29) is 5.92 Å². The zero-order valence-electron chi connectivity index (χ0n) is 14.1. The Morgan fingerprint density at radius 2 is 1.73 bits per heavy atom. The number of alkyl halides is 3. The van der Waals surface area contributed by atoms with Crippen LogP contribution < -0.4 is 5.32 Å². The van der Waals surface area contributed by atoms with Crippen LogP contribution in [0.4, 0.5) is 13.2 Å². The third kappa shape index (κ3) is 4.65. The summed E-state index contributed by atoms with van der Waals surface area (Å²) in [7, 11) is 0. The topological polar surface area (TPSA) is 49.3 Å². The van der Waals surface area contributed by atoms with E-state index in [0.29, 0.717) is 25.4 Å². The molecule has 1 aliphatic rings. The van der Waals surface area contributed by atoms with Gasteiger partial charge in [-0.05, 0) is 55.5 Å². The number of hydrogen-bond acceptors (Lipinski definition) is 3. The van der Waals surface area contributed by atoms with Gasteiger partial charge in [0, 0.05) is 22.3 Å². The van der Waals surface area contributed by atoms with Crippen molar-refractivity contribution >= 4 is 17.3 Å². The first-order valence-corrected chi connectivity index (χ1v) is 9.37. The average molecular weight is 383 g/mol. The minimum absolute atomic E-state index is 0.221. The number of thiophene rings is 1. The molecule has 1 saturated carbocycles. The summed E-state index contributed by atoms with van der Waals surface area (Å²) in [6, 6.07) is 9.43. The summed E-state index contributed by atoms with van der Waals surface area (Å²) in [4.78, 5) is 13.0. The van der Waals surface area contributed by atoms with Crippen LogP contribution in [-0.2, 0) is 17.5 Å². The second-order valence-electron chi connectivity index (χ2n) is 6.61. The Morgan fingerprint density at radius 3 is 2.31 bits per heavy atom. The average Bonchev–Trinajstić information content (AvgIpc) is 3.09. The predicted octanol–water partition coefficient (Wildman–Crippen LogP) is 5.17. The van der Waals surface area contributed by atoms with Gasteiger partial charge in [-0.3, -0.25) is 4.79 Å². The largest absolute Gasteiger partial charge is 0.481 e. The molecule has 7 heteroatoms. The van der Waals surface area contributed by atoms with E-state index in [1.807, 2.05) is 12.1 Å². The van der Waals surface area contributed by atoms with Gasteiger partial charge in [0.25, 0.3) is 0 Å². The second-order valence-corrected chi connectivity index (χ2v) is 7.78. The normalized spacial score (nSPS) is 20.9. The van der Waals surface area contributed by atoms with Crippen LogP contribution in [-0.4, -0.2) is 17.1 Å². The molecule has 3 rings (SSSR count). The number of rotatable bonds is 5. The van der Waals surface area contributed by atoms with E-state index in [4.69, 9.17) is 5.11 Å². The molecule has 0 unspecified atom stereocenters. The smallest absolute Gasteiger partial charge is 0.416 e. The Kier molecular flexibility index (Phi) is 5.67. The standard InChI is InChI=1S/C19H20F3NO2S/c20-19(21,22)14-5-1-12(2-6-14)17-10-9-16(26-17)11-23-15-7-3-13(4-8-15)18(24)25/h1-2,5-6,9-10,13,15,23H,3-4,7-8,11H2,(H,24,25). The zero-order chi connectivity index (χ0) is 18.7. The van der Waals surface area contributed by atoms with Crippen LogP contribution in [0.1, 0.15) is 36.1 Å². The van der Waals surface area contributed by atoms with Gasteiger partial charge in [-0.2, -0.15) is 13.2 Å². The monoisotopic (exact) mass is 383 g/mol. The van der Waals surface area contributed by atoms with Crippen molar-refractivity contribution in [2.24, 2.45) is 5.92 Å². The van der Waals surface area contributed by atoms with Gasteiger partial charge in [0.15, 0.2) is 0 Å². The number of aliphatic carboxylic acids is 1. The number of halogens is 3. The van der Waals surface area contributed by atoms with Crippen molar-refractivity contribution in [1.29, 1.82) is 0 Å². The van der Waals surface area contributed by atoms with Crippen molar-refractivity contribution in [2.45, 2.75) is 44.4 Å². The first-order chi connectivity index (χ1) is 12.3. The van der Waals surface area contributed by atoms with Crippen LogP contribution in [0.25, 0.3) is 10.4 Å². The highest BCUT2D eigenvalue weighted by Gasteiger charge is 2.30. The summed E-state index contributed by atoms with van der Waals surface area (Å²) < 4.78 is 37.9. The summed E-state index contributed by atoms with van der Waals surface area (Å²) in [6.45, 7) is 0.688. The minimum Gasteiger partial charge on any atom is -0.481 e. The zero-order valence-corrected chi connectivity index (χ0v) is 14.9. The van der Waals surface area contributed by atoms with Gasteiger partial charge < -0.3 is 10.4 Å². The van der Waals surface area contributed by atoms with Gasteiger partial charge in [-0.15, -0.1) is 11.3 Å². The molecule has 3 nitrogen and oxygen atoms in total. The third-order valence-corrected chi connectivity index (χ3v) is 5.93. The summed E-state index contributed by atoms with van der Waals surface area (Å²) in [5, 5.41) is 12.5. The molecule has 0 aliphatic heterocycles. The molecule has 0 radical (unpaired) electrons. The summed E-state index contributed by atoms with van der Waals surface area (Å²) >= 11 is 1.56. The number of nitrogens with one attached hydrogen (secondary N) is 1. The van der Waals surface area contributed by atoms with Gasteiger partial charge in [0.05, 0.1) is 11.5 Å². The molecule has 26 heavy (non-hydrogen) atoms. The van der Waals surface area contributed by atoms with Crippen molar-refractivity contribution in [3.8, 4) is 10.4 Å². The minimum atomic E-state index is -4.32. The number of hydrogen-bond donors (Lipinski definition) is 2. The van der Waals surface area contributed by atoms with E-state index >= 15 is 0 Å². The molecule has 2 N–H and O–H groups in total. The van der Waals surface area contributed by atoms with E-state index in [0.717, 1.165) is 40.3 Å². The first-order valence-electron chi connectivity index (χ1n) is 8.55. The fourth-order valence-corrected chi connectivity index (χ4v) is 4.21. The first kappa shape index (κ1) is 18.9. The number of carbonyl (C=O) groups is 1. The van der Waals surface area contributed by atoms with Crippen LogP contribution in [0.5, 0.6) is 0 Å². The van der Waals surface area contributed by atoms with Crippen LogP contribution in [0.3, 0.4) is 0 Å². The van der Waals surface area contributed by atoms with Crippen molar-refractivity contribution in [3.63, 3.8) is 0 Å². The quantitative estimate of drug-likeness (QED) is 0.749. The highest BCUT2D eigenvalue weighted by molar-refractivity contribution is 7.15. The van der Waals surface area contributed by atoms with E-state index in [2.05, 4.69) is 5.32 Å². The highest BCUT2D eigenvalue weighted by atomic mass is 32.1. The Morgan fingerprint density at radius 1 is 1.08 bits per heavy atom. The van der Waals surface area contributed by atoms with Crippen molar-refractivity contribution in [2.75, 3.05) is 0 Å². The van der Waals surface area contributed by atoms with Crippen LogP contribution >= 0.6 is 11.3 Å². The molecule has 0 saturated heterocycles. The number of carboxylic acid groups (broad SMARTS) is 1. The van der Waals surface area contributed by atoms with Crippen LogP contribution in [0.15, 0.2) is 36.4 Å². The van der Waals surface area contributed by atoms with E-state index < -0.39 is 17.7 Å². The fraction of sp³-hybridized carbons (Fsp3) is 0.421. The third-order valence-electron chi connectivity index (χ3n) is 4.80. The lowest BCUT2D eigenvalue weighted by atomic mass is 9.86. The highest BCUT2D eigenvalue weighted by Crippen LogP contribution is 2.33. The van der Waals surface area contributed by atoms with Crippen LogP contribution in [0, 0.1) is 5.92 Å². The Bertz CT molecular complexity index is 747. The van der Waals surface area contributed by atoms with Crippen molar-refractivity contribution in [3.05, 3.63) is 46.8 Å². The lowest BCUT2D eigenvalue weighted by molar-refractivity contribution is -0.143. The molecule has 1 aromatic carbocycles. The molecule has 140 valence electrons. The van der Waals surface area contributed by atoms with E-state index in [9.17, 15) is 18.0 Å². The van der Waals surface area contributed by atoms with Gasteiger partial charge in [-0.25, -0.2) is 0 Å². The fourth-order valence-electron chi connectivity index (χ4n) is 3.24. The lowest BCUT2D eigenvalue weighted by Gasteiger charge is -2.26. The van der Waals surface area contributed by atoms with Crippen LogP contribution in [0.2, 0.25) is 0 Å². The molecule has 1 heterocycles. The Labute approximate surface area is 153 Å². The molecule has 0 atom stereocenters. The Hall–Kier alpha value is -1.86. The van der Waals surface area contributed by atoms with Gasteiger partial charge in [0.2, 0.25) is 0 Å². The molecule has 0 bridgehead atoms. The van der Waals surface area contributed by atoms with Gasteiger partial charge in [0.1, 0.15) is 0 Å². The second kappa shape index (κ2) is 7.80. The summed E-state index contributed by atoms with van der Waals surface area (Å²) in [6.07, 6.45) is -1.20. The van der Waals surface area contributed by atoms with E-state index in [1.54, 1.807) is 11.3 Å². The molecule has 2 aromatic rings. The maximum atomic E-state index is 12.6. The summed E-state index contributed by atoms with van der Waals surface area (Å²) in [5.41, 5.74) is 0.132. The van der Waals surface area contributed by atoms with E-state index in [1.165, 1.54) is 12.1 Å². The number of carboxylic acids is 1. The molecular formula is C19H20F3NO2S. The van der Waals surface area contributed by atoms with Gasteiger partial charge >= 0.3 is 12.1 Å². The maximum Gasteiger partial charge on any atom is 0.416 e. The molecule has 1 fully saturated rings. The van der Waals surface area contributed by atoms with Crippen molar-refractivity contribution in [1.82, 2.24) is 5.32 Å². The SMILES string of the molecule is O=C(O)C1CCC(NCc2ccc(-c3ccc(C(F)(F)F)cc3)s2)CC1. The number of benzene rings is 1.